The Balaban J connectivity index is 2.03. The number of hydrogen-bond donors (Lipinski definition) is 1. The number of anilines is 1. The summed E-state index contributed by atoms with van der Waals surface area (Å²) in [4.78, 5) is 16.6. The normalized spacial score (nSPS) is 16.3. The third-order valence-corrected chi connectivity index (χ3v) is 4.63. The van der Waals surface area contributed by atoms with Crippen LogP contribution >= 0.6 is 0 Å². The molecular formula is C19H31N3O. The summed E-state index contributed by atoms with van der Waals surface area (Å²) in [5.41, 5.74) is 2.51. The fourth-order valence-corrected chi connectivity index (χ4v) is 3.14. The van der Waals surface area contributed by atoms with E-state index in [-0.39, 0.29) is 5.91 Å². The summed E-state index contributed by atoms with van der Waals surface area (Å²) in [6, 6.07) is 9.03. The zero-order valence-corrected chi connectivity index (χ0v) is 14.8. The third kappa shape index (κ3) is 5.24. The topological polar surface area (TPSA) is 35.6 Å². The van der Waals surface area contributed by atoms with Gasteiger partial charge in [0.05, 0.1) is 6.04 Å². The first-order chi connectivity index (χ1) is 11.1. The molecule has 1 atom stereocenters. The Labute approximate surface area is 140 Å². The average molecular weight is 317 g/mol. The van der Waals surface area contributed by atoms with E-state index in [1.165, 1.54) is 24.1 Å². The van der Waals surface area contributed by atoms with Crippen molar-refractivity contribution in [2.24, 2.45) is 0 Å². The highest BCUT2D eigenvalue weighted by Gasteiger charge is 2.23. The molecule has 23 heavy (non-hydrogen) atoms. The number of rotatable bonds is 8. The van der Waals surface area contributed by atoms with Crippen LogP contribution < -0.4 is 10.2 Å². The van der Waals surface area contributed by atoms with Crippen molar-refractivity contribution >= 4 is 11.6 Å². The van der Waals surface area contributed by atoms with E-state index in [2.05, 4.69) is 60.4 Å². The van der Waals surface area contributed by atoms with Gasteiger partial charge >= 0.3 is 0 Å². The second kappa shape index (κ2) is 8.92. The van der Waals surface area contributed by atoms with Crippen molar-refractivity contribution in [3.8, 4) is 0 Å². The molecule has 128 valence electrons. The molecule has 4 nitrogen and oxygen atoms in total. The van der Waals surface area contributed by atoms with Crippen molar-refractivity contribution in [2.75, 3.05) is 38.6 Å². The van der Waals surface area contributed by atoms with Crippen molar-refractivity contribution in [1.82, 2.24) is 10.2 Å². The van der Waals surface area contributed by atoms with Crippen LogP contribution in [0.3, 0.4) is 0 Å². The lowest BCUT2D eigenvalue weighted by atomic mass is 10.0. The first kappa shape index (κ1) is 17.8. The standard InChI is InChI=1S/C19H31N3O/c1-4-5-8-19(23)20-15-18(22-13-6-7-14-22)16-9-11-17(12-10-16)21(2)3/h9-12,18H,4-8,13-15H2,1-3H3,(H,20,23)/t18-/m0/s1. The number of hydrogen-bond acceptors (Lipinski definition) is 3. The summed E-state index contributed by atoms with van der Waals surface area (Å²) in [6.07, 6.45) is 5.20. The number of unbranched alkanes of at least 4 members (excludes halogenated alkanes) is 1. The Morgan fingerprint density at radius 1 is 1.22 bits per heavy atom. The zero-order valence-electron chi connectivity index (χ0n) is 14.8. The van der Waals surface area contributed by atoms with E-state index < -0.39 is 0 Å². The molecule has 0 bridgehead atoms. The first-order valence-electron chi connectivity index (χ1n) is 8.90. The summed E-state index contributed by atoms with van der Waals surface area (Å²) >= 11 is 0. The van der Waals surface area contributed by atoms with Crippen molar-refractivity contribution in [3.05, 3.63) is 29.8 Å². The SMILES string of the molecule is CCCCC(=O)NC[C@@H](c1ccc(N(C)C)cc1)N1CCCC1. The molecular weight excluding hydrogens is 286 g/mol. The molecule has 1 aromatic carbocycles. The van der Waals surface area contributed by atoms with Gasteiger partial charge in [0.15, 0.2) is 0 Å². The molecule has 1 N–H and O–H groups in total. The number of nitrogens with zero attached hydrogens (tertiary/aromatic N) is 2. The maximum absolute atomic E-state index is 12.0. The second-order valence-electron chi connectivity index (χ2n) is 6.65. The number of carbonyl (C=O) groups is 1. The summed E-state index contributed by atoms with van der Waals surface area (Å²) in [5.74, 6) is 0.181. The van der Waals surface area contributed by atoms with Gasteiger partial charge in [-0.1, -0.05) is 25.5 Å². The molecule has 2 rings (SSSR count). The van der Waals surface area contributed by atoms with Crippen molar-refractivity contribution in [2.45, 2.75) is 45.1 Å². The maximum Gasteiger partial charge on any atom is 0.220 e. The van der Waals surface area contributed by atoms with Crippen molar-refractivity contribution in [1.29, 1.82) is 0 Å². The molecule has 1 amide bonds. The zero-order chi connectivity index (χ0) is 16.7. The largest absolute Gasteiger partial charge is 0.378 e. The van der Waals surface area contributed by atoms with Crippen molar-refractivity contribution in [3.63, 3.8) is 0 Å². The lowest BCUT2D eigenvalue weighted by Gasteiger charge is -2.28. The Morgan fingerprint density at radius 2 is 1.87 bits per heavy atom. The number of carbonyl (C=O) groups excluding carboxylic acids is 1. The molecule has 1 aliphatic heterocycles. The summed E-state index contributed by atoms with van der Waals surface area (Å²) in [7, 11) is 4.11. The van der Waals surface area contributed by atoms with Gasteiger partial charge in [-0.2, -0.15) is 0 Å². The van der Waals surface area contributed by atoms with Crippen LogP contribution in [-0.2, 0) is 4.79 Å². The van der Waals surface area contributed by atoms with E-state index in [1.807, 2.05) is 0 Å². The Morgan fingerprint density at radius 3 is 2.43 bits per heavy atom. The maximum atomic E-state index is 12.0. The Kier molecular flexibility index (Phi) is 6.90. The monoisotopic (exact) mass is 317 g/mol. The first-order valence-corrected chi connectivity index (χ1v) is 8.90. The van der Waals surface area contributed by atoms with Gasteiger partial charge in [0.25, 0.3) is 0 Å². The van der Waals surface area contributed by atoms with Gasteiger partial charge in [-0.05, 0) is 50.0 Å². The van der Waals surface area contributed by atoms with Gasteiger partial charge in [0.1, 0.15) is 0 Å². The lowest BCUT2D eigenvalue weighted by Crippen LogP contribution is -2.36. The molecule has 0 aliphatic carbocycles. The molecule has 1 fully saturated rings. The molecule has 0 aromatic heterocycles. The third-order valence-electron chi connectivity index (χ3n) is 4.63. The average Bonchev–Trinajstić information content (AvgIpc) is 3.08. The van der Waals surface area contributed by atoms with Crippen molar-refractivity contribution < 1.29 is 4.79 Å². The fraction of sp³-hybridized carbons (Fsp3) is 0.632. The molecule has 0 spiro atoms. The highest BCUT2D eigenvalue weighted by molar-refractivity contribution is 5.75. The fourth-order valence-electron chi connectivity index (χ4n) is 3.14. The molecule has 0 radical (unpaired) electrons. The number of nitrogens with one attached hydrogen (secondary N) is 1. The number of benzene rings is 1. The molecule has 0 saturated carbocycles. The van der Waals surface area contributed by atoms with Crippen LogP contribution in [0, 0.1) is 0 Å². The van der Waals surface area contributed by atoms with Crippen LogP contribution in [0.25, 0.3) is 0 Å². The molecule has 1 aliphatic rings. The van der Waals surface area contributed by atoms with Gasteiger partial charge in [0, 0.05) is 32.7 Å². The number of likely N-dealkylation sites (tertiary alicyclic amines) is 1. The van der Waals surface area contributed by atoms with E-state index in [0.29, 0.717) is 19.0 Å². The molecule has 0 unspecified atom stereocenters. The Bertz CT molecular complexity index is 478. The highest BCUT2D eigenvalue weighted by Crippen LogP contribution is 2.26. The van der Waals surface area contributed by atoms with Gasteiger partial charge in [-0.15, -0.1) is 0 Å². The van der Waals surface area contributed by atoms with Crippen LogP contribution in [-0.4, -0.2) is 44.5 Å². The van der Waals surface area contributed by atoms with Crippen LogP contribution in [0.2, 0.25) is 0 Å². The summed E-state index contributed by atoms with van der Waals surface area (Å²) < 4.78 is 0. The van der Waals surface area contributed by atoms with Gasteiger partial charge in [-0.3, -0.25) is 9.69 Å². The number of amides is 1. The van der Waals surface area contributed by atoms with Gasteiger partial charge < -0.3 is 10.2 Å². The minimum atomic E-state index is 0.181. The molecule has 1 heterocycles. The predicted molar refractivity (Wildman–Crippen MR) is 96.9 cm³/mol. The van der Waals surface area contributed by atoms with Gasteiger partial charge in [0.2, 0.25) is 5.91 Å². The molecule has 1 saturated heterocycles. The van der Waals surface area contributed by atoms with E-state index in [1.54, 1.807) is 0 Å². The smallest absolute Gasteiger partial charge is 0.220 e. The van der Waals surface area contributed by atoms with E-state index in [9.17, 15) is 4.79 Å². The van der Waals surface area contributed by atoms with Crippen LogP contribution in [0.5, 0.6) is 0 Å². The highest BCUT2D eigenvalue weighted by atomic mass is 16.1. The van der Waals surface area contributed by atoms with Gasteiger partial charge in [-0.25, -0.2) is 0 Å². The molecule has 4 heteroatoms. The predicted octanol–water partition coefficient (Wildman–Crippen LogP) is 3.20. The quantitative estimate of drug-likeness (QED) is 0.800. The van der Waals surface area contributed by atoms with E-state index >= 15 is 0 Å². The van der Waals surface area contributed by atoms with Crippen LogP contribution in [0.4, 0.5) is 5.69 Å². The lowest BCUT2D eigenvalue weighted by molar-refractivity contribution is -0.121. The van der Waals surface area contributed by atoms with Crippen LogP contribution in [0.15, 0.2) is 24.3 Å². The minimum absolute atomic E-state index is 0.181. The van der Waals surface area contributed by atoms with E-state index in [4.69, 9.17) is 0 Å². The summed E-state index contributed by atoms with van der Waals surface area (Å²) in [6.45, 7) is 5.09. The van der Waals surface area contributed by atoms with E-state index in [0.717, 1.165) is 25.9 Å². The second-order valence-corrected chi connectivity index (χ2v) is 6.65. The minimum Gasteiger partial charge on any atom is -0.378 e. The molecule has 1 aromatic rings. The van der Waals surface area contributed by atoms with Crippen LogP contribution in [0.1, 0.15) is 50.6 Å². The summed E-state index contributed by atoms with van der Waals surface area (Å²) in [5, 5.41) is 3.14. The Hall–Kier alpha value is -1.55.